The van der Waals surface area contributed by atoms with Crippen molar-refractivity contribution in [3.63, 3.8) is 0 Å². The smallest absolute Gasteiger partial charge is 0.305 e. The molecule has 17 heavy (non-hydrogen) atoms. The highest BCUT2D eigenvalue weighted by molar-refractivity contribution is 9.10. The minimum absolute atomic E-state index is 0.0152. The summed E-state index contributed by atoms with van der Waals surface area (Å²) in [5.74, 6) is -1.97. The molecule has 0 aliphatic carbocycles. The van der Waals surface area contributed by atoms with Gasteiger partial charge in [-0.1, -0.05) is 15.9 Å². The summed E-state index contributed by atoms with van der Waals surface area (Å²) in [6.07, 6.45) is -1.36. The fourth-order valence-corrected chi connectivity index (χ4v) is 1.48. The minimum Gasteiger partial charge on any atom is -0.421 e. The third-order valence-corrected chi connectivity index (χ3v) is 2.26. The van der Waals surface area contributed by atoms with Crippen LogP contribution in [0.3, 0.4) is 0 Å². The zero-order valence-electron chi connectivity index (χ0n) is 9.20. The number of ether oxygens (including phenoxy) is 2. The van der Waals surface area contributed by atoms with Crippen LogP contribution in [0.15, 0.2) is 22.7 Å². The van der Waals surface area contributed by atoms with E-state index in [0.717, 1.165) is 13.8 Å². The molecule has 0 unspecified atom stereocenters. The summed E-state index contributed by atoms with van der Waals surface area (Å²) >= 11 is 3.09. The molecule has 0 heterocycles. The Morgan fingerprint density at radius 1 is 1.24 bits per heavy atom. The lowest BCUT2D eigenvalue weighted by atomic mass is 10.2. The normalized spacial score (nSPS) is 10.2. The molecular weight excluding hydrogens is 295 g/mol. The Labute approximate surface area is 106 Å². The van der Waals surface area contributed by atoms with Crippen molar-refractivity contribution in [1.82, 2.24) is 0 Å². The van der Waals surface area contributed by atoms with Crippen LogP contribution < -0.4 is 0 Å². The van der Waals surface area contributed by atoms with Crippen LogP contribution in [0.25, 0.3) is 0 Å². The van der Waals surface area contributed by atoms with Gasteiger partial charge < -0.3 is 9.47 Å². The van der Waals surface area contributed by atoms with Crippen LogP contribution in [-0.2, 0) is 19.1 Å². The molecule has 0 atom stereocenters. The first-order valence-corrected chi connectivity index (χ1v) is 5.49. The molecular formula is C11H10BrFO4. The van der Waals surface area contributed by atoms with Gasteiger partial charge in [0.05, 0.1) is 5.56 Å². The quantitative estimate of drug-likeness (QED) is 0.636. The van der Waals surface area contributed by atoms with Crippen molar-refractivity contribution in [2.24, 2.45) is 0 Å². The van der Waals surface area contributed by atoms with Crippen molar-refractivity contribution in [3.8, 4) is 0 Å². The maximum atomic E-state index is 13.6. The molecule has 0 amide bonds. The number of esters is 2. The van der Waals surface area contributed by atoms with Gasteiger partial charge in [0.15, 0.2) is 0 Å². The zero-order valence-corrected chi connectivity index (χ0v) is 10.8. The molecule has 4 nitrogen and oxygen atoms in total. The molecule has 1 aromatic carbocycles. The Hall–Kier alpha value is -1.43. The van der Waals surface area contributed by atoms with E-state index in [1.54, 1.807) is 6.07 Å². The summed E-state index contributed by atoms with van der Waals surface area (Å²) in [4.78, 5) is 21.7. The molecule has 0 radical (unpaired) electrons. The van der Waals surface area contributed by atoms with E-state index in [1.807, 2.05) is 0 Å². The standard InChI is InChI=1S/C11H10BrFO4/c1-6(14)16-11(17-7(2)15)9-4-3-8(12)5-10(9)13/h3-5,11H,1-2H3. The minimum atomic E-state index is -1.36. The van der Waals surface area contributed by atoms with Gasteiger partial charge in [-0.05, 0) is 18.2 Å². The number of hydrogen-bond donors (Lipinski definition) is 0. The van der Waals surface area contributed by atoms with Crippen LogP contribution in [0.4, 0.5) is 4.39 Å². The Balaban J connectivity index is 3.02. The number of hydrogen-bond acceptors (Lipinski definition) is 4. The maximum absolute atomic E-state index is 13.6. The fraction of sp³-hybridized carbons (Fsp3) is 0.273. The van der Waals surface area contributed by atoms with Gasteiger partial charge in [-0.2, -0.15) is 0 Å². The molecule has 1 aromatic rings. The van der Waals surface area contributed by atoms with Crippen LogP contribution in [0.5, 0.6) is 0 Å². The second-order valence-corrected chi connectivity index (χ2v) is 4.13. The fourth-order valence-electron chi connectivity index (χ4n) is 1.15. The van der Waals surface area contributed by atoms with Gasteiger partial charge in [-0.15, -0.1) is 0 Å². The topological polar surface area (TPSA) is 52.6 Å². The van der Waals surface area contributed by atoms with E-state index in [2.05, 4.69) is 15.9 Å². The lowest BCUT2D eigenvalue weighted by molar-refractivity contribution is -0.187. The van der Waals surface area contributed by atoms with E-state index in [4.69, 9.17) is 9.47 Å². The second-order valence-electron chi connectivity index (χ2n) is 3.22. The summed E-state index contributed by atoms with van der Waals surface area (Å²) in [5, 5.41) is 0. The first kappa shape index (κ1) is 13.6. The highest BCUT2D eigenvalue weighted by atomic mass is 79.9. The Kier molecular flexibility index (Phi) is 4.62. The number of halogens is 2. The van der Waals surface area contributed by atoms with E-state index in [1.165, 1.54) is 12.1 Å². The Morgan fingerprint density at radius 3 is 2.18 bits per heavy atom. The monoisotopic (exact) mass is 304 g/mol. The van der Waals surface area contributed by atoms with Crippen LogP contribution in [0.2, 0.25) is 0 Å². The second kappa shape index (κ2) is 5.77. The number of benzene rings is 1. The molecule has 0 saturated carbocycles. The largest absolute Gasteiger partial charge is 0.421 e. The molecule has 0 bridgehead atoms. The van der Waals surface area contributed by atoms with Gasteiger partial charge in [0, 0.05) is 18.3 Å². The third kappa shape index (κ3) is 4.14. The van der Waals surface area contributed by atoms with Crippen molar-refractivity contribution in [2.75, 3.05) is 0 Å². The number of carbonyl (C=O) groups excluding carboxylic acids is 2. The van der Waals surface area contributed by atoms with Gasteiger partial charge in [0.2, 0.25) is 0 Å². The highest BCUT2D eigenvalue weighted by Crippen LogP contribution is 2.25. The molecule has 0 saturated heterocycles. The van der Waals surface area contributed by atoms with E-state index in [-0.39, 0.29) is 5.56 Å². The van der Waals surface area contributed by atoms with Crippen molar-refractivity contribution < 1.29 is 23.5 Å². The molecule has 0 aliphatic heterocycles. The van der Waals surface area contributed by atoms with Crippen LogP contribution >= 0.6 is 15.9 Å². The van der Waals surface area contributed by atoms with Gasteiger partial charge in [-0.3, -0.25) is 9.59 Å². The number of rotatable bonds is 3. The van der Waals surface area contributed by atoms with Gasteiger partial charge in [0.1, 0.15) is 5.82 Å². The van der Waals surface area contributed by atoms with Crippen LogP contribution in [0, 0.1) is 5.82 Å². The first-order chi connectivity index (χ1) is 7.90. The van der Waals surface area contributed by atoms with Crippen molar-refractivity contribution >= 4 is 27.9 Å². The van der Waals surface area contributed by atoms with Crippen molar-refractivity contribution in [1.29, 1.82) is 0 Å². The lowest BCUT2D eigenvalue weighted by Crippen LogP contribution is -2.16. The summed E-state index contributed by atoms with van der Waals surface area (Å²) in [5.41, 5.74) is -0.0152. The van der Waals surface area contributed by atoms with Crippen LogP contribution in [0.1, 0.15) is 25.7 Å². The molecule has 0 spiro atoms. The lowest BCUT2D eigenvalue weighted by Gasteiger charge is -2.17. The van der Waals surface area contributed by atoms with E-state index in [9.17, 15) is 14.0 Å². The van der Waals surface area contributed by atoms with Crippen molar-refractivity contribution in [2.45, 2.75) is 20.1 Å². The molecule has 92 valence electrons. The van der Waals surface area contributed by atoms with Gasteiger partial charge in [-0.25, -0.2) is 4.39 Å². The molecule has 6 heteroatoms. The van der Waals surface area contributed by atoms with Gasteiger partial charge in [0.25, 0.3) is 6.29 Å². The molecule has 0 aliphatic rings. The van der Waals surface area contributed by atoms with E-state index < -0.39 is 24.0 Å². The van der Waals surface area contributed by atoms with Gasteiger partial charge >= 0.3 is 11.9 Å². The maximum Gasteiger partial charge on any atom is 0.305 e. The molecule has 0 N–H and O–H groups in total. The average Bonchev–Trinajstić information content (AvgIpc) is 2.14. The van der Waals surface area contributed by atoms with E-state index in [0.29, 0.717) is 4.47 Å². The summed E-state index contributed by atoms with van der Waals surface area (Å²) < 4.78 is 23.6. The van der Waals surface area contributed by atoms with Crippen molar-refractivity contribution in [3.05, 3.63) is 34.1 Å². The summed E-state index contributed by atoms with van der Waals surface area (Å²) in [6.45, 7) is 2.29. The highest BCUT2D eigenvalue weighted by Gasteiger charge is 2.21. The summed E-state index contributed by atoms with van der Waals surface area (Å²) in [7, 11) is 0. The predicted molar refractivity (Wildman–Crippen MR) is 60.4 cm³/mol. The molecule has 1 rings (SSSR count). The van der Waals surface area contributed by atoms with Crippen LogP contribution in [-0.4, -0.2) is 11.9 Å². The average molecular weight is 305 g/mol. The molecule has 0 fully saturated rings. The summed E-state index contributed by atoms with van der Waals surface area (Å²) in [6, 6.07) is 4.11. The SMILES string of the molecule is CC(=O)OC(OC(C)=O)c1ccc(Br)cc1F. The first-order valence-electron chi connectivity index (χ1n) is 4.69. The number of carbonyl (C=O) groups is 2. The predicted octanol–water partition coefficient (Wildman–Crippen LogP) is 2.71. The Morgan fingerprint density at radius 2 is 1.76 bits per heavy atom. The van der Waals surface area contributed by atoms with E-state index >= 15 is 0 Å². The zero-order chi connectivity index (χ0) is 13.0. The third-order valence-electron chi connectivity index (χ3n) is 1.76. The Bertz CT molecular complexity index is 431. The molecule has 0 aromatic heterocycles.